The van der Waals surface area contributed by atoms with Crippen molar-refractivity contribution in [3.8, 4) is 5.75 Å². The Kier molecular flexibility index (Phi) is 6.95. The molecule has 2 rings (SSSR count). The third kappa shape index (κ3) is 5.43. The number of benzene rings is 2. The van der Waals surface area contributed by atoms with E-state index in [1.165, 1.54) is 18.4 Å². The van der Waals surface area contributed by atoms with Crippen molar-refractivity contribution < 1.29 is 9.53 Å². The number of hydrogen-bond acceptors (Lipinski definition) is 2. The van der Waals surface area contributed by atoms with Crippen molar-refractivity contribution in [3.05, 3.63) is 58.1 Å². The number of nitrogens with one attached hydrogen (secondary N) is 1. The Morgan fingerprint density at radius 1 is 1.17 bits per heavy atom. The van der Waals surface area contributed by atoms with Crippen LogP contribution in [0.4, 0.5) is 5.69 Å². The number of unbranched alkanes of at least 4 members (excludes halogenated alkanes) is 1. The van der Waals surface area contributed by atoms with Crippen LogP contribution in [-0.4, -0.2) is 12.0 Å². The summed E-state index contributed by atoms with van der Waals surface area (Å²) in [5, 5.41) is 3.74. The highest BCUT2D eigenvalue weighted by Gasteiger charge is 2.16. The Morgan fingerprint density at radius 3 is 2.50 bits per heavy atom. The van der Waals surface area contributed by atoms with Crippen LogP contribution in [0.2, 0.25) is 10.0 Å². The van der Waals surface area contributed by atoms with Crippen LogP contribution in [0.5, 0.6) is 5.75 Å². The van der Waals surface area contributed by atoms with Crippen molar-refractivity contribution in [2.24, 2.45) is 0 Å². The molecule has 0 saturated carbocycles. The van der Waals surface area contributed by atoms with Crippen LogP contribution < -0.4 is 10.1 Å². The zero-order valence-corrected chi connectivity index (χ0v) is 15.3. The molecule has 0 aliphatic rings. The van der Waals surface area contributed by atoms with E-state index in [0.717, 1.165) is 12.1 Å². The topological polar surface area (TPSA) is 38.3 Å². The van der Waals surface area contributed by atoms with Gasteiger partial charge in [0.05, 0.1) is 5.02 Å². The molecule has 3 nitrogen and oxygen atoms in total. The molecule has 0 aliphatic carbocycles. The Balaban J connectivity index is 1.93. The molecule has 1 amide bonds. The van der Waals surface area contributed by atoms with E-state index in [9.17, 15) is 4.79 Å². The highest BCUT2D eigenvalue weighted by atomic mass is 35.5. The number of halogens is 2. The molecule has 1 atom stereocenters. The van der Waals surface area contributed by atoms with Gasteiger partial charge in [-0.1, -0.05) is 48.7 Å². The standard InChI is InChI=1S/C19H21Cl2NO2/c1-3-4-5-14-6-9-16(10-7-14)22-19(23)13(2)24-18-11-8-15(20)12-17(18)21/h6-13H,3-5H2,1-2H3,(H,22,23)/t13-/m0/s1. The van der Waals surface area contributed by atoms with Gasteiger partial charge in [-0.3, -0.25) is 4.79 Å². The summed E-state index contributed by atoms with van der Waals surface area (Å²) in [7, 11) is 0. The van der Waals surface area contributed by atoms with Crippen molar-refractivity contribution in [1.82, 2.24) is 0 Å². The van der Waals surface area contributed by atoms with Gasteiger partial charge in [0.25, 0.3) is 5.91 Å². The molecule has 2 aromatic carbocycles. The predicted octanol–water partition coefficient (Wildman–Crippen LogP) is 5.74. The minimum Gasteiger partial charge on any atom is -0.479 e. The van der Waals surface area contributed by atoms with E-state index in [1.807, 2.05) is 24.3 Å². The molecule has 0 aromatic heterocycles. The Labute approximate surface area is 152 Å². The lowest BCUT2D eigenvalue weighted by molar-refractivity contribution is -0.122. The maximum atomic E-state index is 12.2. The Bertz CT molecular complexity index is 686. The molecule has 0 aliphatic heterocycles. The summed E-state index contributed by atoms with van der Waals surface area (Å²) < 4.78 is 5.61. The third-order valence-electron chi connectivity index (χ3n) is 3.61. The lowest BCUT2D eigenvalue weighted by atomic mass is 10.1. The first-order valence-corrected chi connectivity index (χ1v) is 8.76. The largest absolute Gasteiger partial charge is 0.479 e. The van der Waals surface area contributed by atoms with Gasteiger partial charge < -0.3 is 10.1 Å². The quantitative estimate of drug-likeness (QED) is 0.678. The van der Waals surface area contributed by atoms with Gasteiger partial charge in [0.2, 0.25) is 0 Å². The SMILES string of the molecule is CCCCc1ccc(NC(=O)[C@H](C)Oc2ccc(Cl)cc2Cl)cc1. The molecule has 0 radical (unpaired) electrons. The number of aryl methyl sites for hydroxylation is 1. The fourth-order valence-corrected chi connectivity index (χ4v) is 2.65. The van der Waals surface area contributed by atoms with Crippen LogP contribution >= 0.6 is 23.2 Å². The minimum atomic E-state index is -0.677. The molecule has 24 heavy (non-hydrogen) atoms. The Morgan fingerprint density at radius 2 is 1.88 bits per heavy atom. The minimum absolute atomic E-state index is 0.234. The van der Waals surface area contributed by atoms with Crippen molar-refractivity contribution in [3.63, 3.8) is 0 Å². The number of rotatable bonds is 7. The molecule has 0 unspecified atom stereocenters. The first kappa shape index (κ1) is 18.6. The van der Waals surface area contributed by atoms with E-state index in [4.69, 9.17) is 27.9 Å². The lowest BCUT2D eigenvalue weighted by Crippen LogP contribution is -2.30. The second kappa shape index (κ2) is 8.95. The van der Waals surface area contributed by atoms with Crippen LogP contribution in [0.3, 0.4) is 0 Å². The molecule has 128 valence electrons. The summed E-state index contributed by atoms with van der Waals surface area (Å²) in [6.07, 6.45) is 2.71. The van der Waals surface area contributed by atoms with Gasteiger partial charge in [-0.2, -0.15) is 0 Å². The average molecular weight is 366 g/mol. The van der Waals surface area contributed by atoms with Gasteiger partial charge in [-0.15, -0.1) is 0 Å². The number of carbonyl (C=O) groups is 1. The maximum absolute atomic E-state index is 12.2. The number of amides is 1. The lowest BCUT2D eigenvalue weighted by Gasteiger charge is -2.16. The number of ether oxygens (including phenoxy) is 1. The zero-order valence-electron chi connectivity index (χ0n) is 13.8. The van der Waals surface area contributed by atoms with Gasteiger partial charge in [-0.05, 0) is 55.7 Å². The highest BCUT2D eigenvalue weighted by molar-refractivity contribution is 6.35. The van der Waals surface area contributed by atoms with Crippen LogP contribution in [0.25, 0.3) is 0 Å². The summed E-state index contributed by atoms with van der Waals surface area (Å²) in [6.45, 7) is 3.85. The second-order valence-corrected chi connectivity index (χ2v) is 6.47. The van der Waals surface area contributed by atoms with Crippen LogP contribution in [0.15, 0.2) is 42.5 Å². The summed E-state index contributed by atoms with van der Waals surface area (Å²) in [4.78, 5) is 12.2. The first-order valence-electron chi connectivity index (χ1n) is 8.01. The van der Waals surface area contributed by atoms with Gasteiger partial charge in [-0.25, -0.2) is 0 Å². The molecule has 0 spiro atoms. The van der Waals surface area contributed by atoms with Crippen LogP contribution in [0, 0.1) is 0 Å². The van der Waals surface area contributed by atoms with Crippen molar-refractivity contribution >= 4 is 34.8 Å². The molecule has 0 bridgehead atoms. The van der Waals surface area contributed by atoms with E-state index >= 15 is 0 Å². The summed E-state index contributed by atoms with van der Waals surface area (Å²) in [5.74, 6) is 0.195. The first-order chi connectivity index (χ1) is 11.5. The van der Waals surface area contributed by atoms with Crippen LogP contribution in [0.1, 0.15) is 32.3 Å². The van der Waals surface area contributed by atoms with Gasteiger partial charge in [0, 0.05) is 10.7 Å². The maximum Gasteiger partial charge on any atom is 0.265 e. The van der Waals surface area contributed by atoms with Gasteiger partial charge in [0.1, 0.15) is 5.75 Å². The molecule has 1 N–H and O–H groups in total. The summed E-state index contributed by atoms with van der Waals surface area (Å²) in [6, 6.07) is 12.8. The van der Waals surface area contributed by atoms with Gasteiger partial charge in [0.15, 0.2) is 6.10 Å². The fraction of sp³-hybridized carbons (Fsp3) is 0.316. The number of hydrogen-bond donors (Lipinski definition) is 1. The van der Waals surface area contributed by atoms with Crippen molar-refractivity contribution in [1.29, 1.82) is 0 Å². The number of carbonyl (C=O) groups excluding carboxylic acids is 1. The molecular weight excluding hydrogens is 345 g/mol. The average Bonchev–Trinajstić information content (AvgIpc) is 2.56. The molecule has 2 aromatic rings. The summed E-state index contributed by atoms with van der Waals surface area (Å²) in [5.41, 5.74) is 2.02. The summed E-state index contributed by atoms with van der Waals surface area (Å²) >= 11 is 11.9. The van der Waals surface area contributed by atoms with E-state index in [-0.39, 0.29) is 5.91 Å². The normalized spacial score (nSPS) is 11.8. The number of anilines is 1. The van der Waals surface area contributed by atoms with Gasteiger partial charge >= 0.3 is 0 Å². The fourth-order valence-electron chi connectivity index (χ4n) is 2.19. The molecule has 0 saturated heterocycles. The molecular formula is C19H21Cl2NO2. The highest BCUT2D eigenvalue weighted by Crippen LogP contribution is 2.28. The monoisotopic (exact) mass is 365 g/mol. The van der Waals surface area contributed by atoms with E-state index in [2.05, 4.69) is 12.2 Å². The van der Waals surface area contributed by atoms with Crippen LogP contribution in [-0.2, 0) is 11.2 Å². The smallest absolute Gasteiger partial charge is 0.265 e. The molecule has 0 heterocycles. The Hall–Kier alpha value is -1.71. The second-order valence-electron chi connectivity index (χ2n) is 5.62. The molecule has 0 fully saturated rings. The van der Waals surface area contributed by atoms with Crippen molar-refractivity contribution in [2.45, 2.75) is 39.2 Å². The van der Waals surface area contributed by atoms with E-state index in [0.29, 0.717) is 15.8 Å². The molecule has 5 heteroatoms. The van der Waals surface area contributed by atoms with E-state index < -0.39 is 6.10 Å². The van der Waals surface area contributed by atoms with Crippen molar-refractivity contribution in [2.75, 3.05) is 5.32 Å². The third-order valence-corrected chi connectivity index (χ3v) is 4.14. The predicted molar refractivity (Wildman–Crippen MR) is 100 cm³/mol. The van der Waals surface area contributed by atoms with E-state index in [1.54, 1.807) is 25.1 Å². The zero-order chi connectivity index (χ0) is 17.5.